The fourth-order valence-corrected chi connectivity index (χ4v) is 2.35. The number of aldehydes is 1. The number of halogens is 2. The highest BCUT2D eigenvalue weighted by Gasteiger charge is 2.08. The quantitative estimate of drug-likeness (QED) is 0.563. The van der Waals surface area contributed by atoms with Gasteiger partial charge >= 0.3 is 0 Å². The van der Waals surface area contributed by atoms with E-state index in [2.05, 4.69) is 5.32 Å². The molecule has 0 amide bonds. The van der Waals surface area contributed by atoms with Crippen LogP contribution in [-0.2, 0) is 16.0 Å². The standard InChI is InChI=1S/C15H21ClFNO2/c1-11-8-12(9-14(16)15(11)17)4-3-5-13(18-2)10-20-7-6-19/h6,8-9,13,18H,3-5,7,10H2,1-2H3. The first-order valence-electron chi connectivity index (χ1n) is 6.71. The fourth-order valence-electron chi connectivity index (χ4n) is 2.06. The van der Waals surface area contributed by atoms with Gasteiger partial charge < -0.3 is 14.8 Å². The van der Waals surface area contributed by atoms with E-state index in [1.807, 2.05) is 13.1 Å². The van der Waals surface area contributed by atoms with E-state index < -0.39 is 0 Å². The normalized spacial score (nSPS) is 12.4. The Kier molecular flexibility index (Phi) is 7.73. The number of carbonyl (C=O) groups excluding carboxylic acids is 1. The smallest absolute Gasteiger partial charge is 0.145 e. The Labute approximate surface area is 124 Å². The third-order valence-electron chi connectivity index (χ3n) is 3.20. The number of hydrogen-bond acceptors (Lipinski definition) is 3. The van der Waals surface area contributed by atoms with Crippen LogP contribution in [0.25, 0.3) is 0 Å². The molecule has 1 N–H and O–H groups in total. The first kappa shape index (κ1) is 17.1. The van der Waals surface area contributed by atoms with Crippen LogP contribution in [0.4, 0.5) is 4.39 Å². The van der Waals surface area contributed by atoms with E-state index in [4.69, 9.17) is 16.3 Å². The summed E-state index contributed by atoms with van der Waals surface area (Å²) in [6.45, 7) is 2.36. The predicted octanol–water partition coefficient (Wildman–Crippen LogP) is 2.91. The van der Waals surface area contributed by atoms with Crippen molar-refractivity contribution in [3.05, 3.63) is 34.1 Å². The number of likely N-dealkylation sites (N-methyl/N-ethyl adjacent to an activating group) is 1. The number of benzene rings is 1. The molecule has 1 aromatic rings. The third kappa shape index (κ3) is 5.57. The molecule has 112 valence electrons. The summed E-state index contributed by atoms with van der Waals surface area (Å²) in [6.07, 6.45) is 3.45. The van der Waals surface area contributed by atoms with Crippen molar-refractivity contribution >= 4 is 17.9 Å². The molecule has 1 rings (SSSR count). The Morgan fingerprint density at radius 2 is 2.25 bits per heavy atom. The van der Waals surface area contributed by atoms with Crippen LogP contribution >= 0.6 is 11.6 Å². The first-order valence-corrected chi connectivity index (χ1v) is 7.09. The van der Waals surface area contributed by atoms with E-state index in [-0.39, 0.29) is 23.5 Å². The van der Waals surface area contributed by atoms with E-state index in [1.165, 1.54) is 0 Å². The zero-order valence-electron chi connectivity index (χ0n) is 11.9. The topological polar surface area (TPSA) is 38.3 Å². The number of aryl methyl sites for hydroxylation is 2. The largest absolute Gasteiger partial charge is 0.372 e. The minimum Gasteiger partial charge on any atom is -0.372 e. The summed E-state index contributed by atoms with van der Waals surface area (Å²) >= 11 is 5.83. The highest BCUT2D eigenvalue weighted by Crippen LogP contribution is 2.21. The minimum absolute atomic E-state index is 0.130. The van der Waals surface area contributed by atoms with E-state index in [0.29, 0.717) is 12.2 Å². The Morgan fingerprint density at radius 1 is 1.50 bits per heavy atom. The molecule has 0 aliphatic carbocycles. The second kappa shape index (κ2) is 9.06. The molecule has 1 aromatic carbocycles. The predicted molar refractivity (Wildman–Crippen MR) is 78.8 cm³/mol. The zero-order chi connectivity index (χ0) is 15.0. The van der Waals surface area contributed by atoms with E-state index in [9.17, 15) is 9.18 Å². The molecule has 0 aromatic heterocycles. The maximum absolute atomic E-state index is 13.4. The van der Waals surface area contributed by atoms with Crippen molar-refractivity contribution in [1.82, 2.24) is 5.32 Å². The SMILES string of the molecule is CNC(CCCc1cc(C)c(F)c(Cl)c1)COCC=O. The molecule has 0 fully saturated rings. The molecule has 20 heavy (non-hydrogen) atoms. The molecule has 0 spiro atoms. The molecule has 0 aliphatic heterocycles. The average molecular weight is 302 g/mol. The van der Waals surface area contributed by atoms with Crippen molar-refractivity contribution in [1.29, 1.82) is 0 Å². The van der Waals surface area contributed by atoms with Gasteiger partial charge in [-0.05, 0) is 50.4 Å². The number of rotatable bonds is 9. The molecule has 0 saturated heterocycles. The lowest BCUT2D eigenvalue weighted by Gasteiger charge is -2.15. The molecular weight excluding hydrogens is 281 g/mol. The first-order chi connectivity index (χ1) is 9.58. The number of nitrogens with one attached hydrogen (secondary N) is 1. The van der Waals surface area contributed by atoms with Gasteiger partial charge in [-0.15, -0.1) is 0 Å². The monoisotopic (exact) mass is 301 g/mol. The van der Waals surface area contributed by atoms with Gasteiger partial charge in [-0.1, -0.05) is 17.7 Å². The zero-order valence-corrected chi connectivity index (χ0v) is 12.7. The molecule has 3 nitrogen and oxygen atoms in total. The van der Waals surface area contributed by atoms with Crippen molar-refractivity contribution in [2.24, 2.45) is 0 Å². The van der Waals surface area contributed by atoms with E-state index >= 15 is 0 Å². The van der Waals surface area contributed by atoms with Crippen LogP contribution in [-0.4, -0.2) is 32.6 Å². The van der Waals surface area contributed by atoms with Crippen LogP contribution in [0.2, 0.25) is 5.02 Å². The van der Waals surface area contributed by atoms with Crippen molar-refractivity contribution in [3.63, 3.8) is 0 Å². The summed E-state index contributed by atoms with van der Waals surface area (Å²) in [5, 5.41) is 3.33. The van der Waals surface area contributed by atoms with Crippen LogP contribution in [0.5, 0.6) is 0 Å². The highest BCUT2D eigenvalue weighted by atomic mass is 35.5. The molecule has 0 heterocycles. The van der Waals surface area contributed by atoms with Gasteiger partial charge in [0.25, 0.3) is 0 Å². The van der Waals surface area contributed by atoms with Gasteiger partial charge in [0.05, 0.1) is 11.6 Å². The Balaban J connectivity index is 2.41. The Hall–Kier alpha value is -0.970. The van der Waals surface area contributed by atoms with Crippen LogP contribution in [0, 0.1) is 12.7 Å². The Bertz CT molecular complexity index is 417. The Morgan fingerprint density at radius 3 is 2.85 bits per heavy atom. The lowest BCUT2D eigenvalue weighted by Crippen LogP contribution is -2.30. The molecule has 1 unspecified atom stereocenters. The van der Waals surface area contributed by atoms with Crippen LogP contribution in [0.15, 0.2) is 12.1 Å². The van der Waals surface area contributed by atoms with Crippen molar-refractivity contribution in [3.8, 4) is 0 Å². The van der Waals surface area contributed by atoms with Crippen LogP contribution in [0.3, 0.4) is 0 Å². The molecule has 0 radical (unpaired) electrons. The summed E-state index contributed by atoms with van der Waals surface area (Å²) in [5.74, 6) is -0.342. The summed E-state index contributed by atoms with van der Waals surface area (Å²) < 4.78 is 18.6. The van der Waals surface area contributed by atoms with Gasteiger partial charge in [0.1, 0.15) is 18.7 Å². The average Bonchev–Trinajstić information content (AvgIpc) is 2.43. The maximum Gasteiger partial charge on any atom is 0.145 e. The molecule has 1 atom stereocenters. The van der Waals surface area contributed by atoms with Crippen LogP contribution < -0.4 is 5.32 Å². The molecular formula is C15H21ClFNO2. The molecule has 0 aliphatic rings. The number of ether oxygens (including phenoxy) is 1. The van der Waals surface area contributed by atoms with Gasteiger partial charge in [0.2, 0.25) is 0 Å². The number of carbonyl (C=O) groups is 1. The molecule has 0 bridgehead atoms. The van der Waals surface area contributed by atoms with Gasteiger partial charge in [-0.2, -0.15) is 0 Å². The van der Waals surface area contributed by atoms with Gasteiger partial charge in [-0.25, -0.2) is 4.39 Å². The van der Waals surface area contributed by atoms with Crippen molar-refractivity contribution < 1.29 is 13.9 Å². The summed E-state index contributed by atoms with van der Waals surface area (Å²) in [4.78, 5) is 10.2. The lowest BCUT2D eigenvalue weighted by atomic mass is 10.0. The van der Waals surface area contributed by atoms with Gasteiger partial charge in [0, 0.05) is 6.04 Å². The van der Waals surface area contributed by atoms with Gasteiger partial charge in [-0.3, -0.25) is 0 Å². The van der Waals surface area contributed by atoms with E-state index in [0.717, 1.165) is 31.1 Å². The van der Waals surface area contributed by atoms with Gasteiger partial charge in [0.15, 0.2) is 0 Å². The summed E-state index contributed by atoms with van der Waals surface area (Å²) in [6, 6.07) is 3.73. The third-order valence-corrected chi connectivity index (χ3v) is 3.48. The van der Waals surface area contributed by atoms with Crippen LogP contribution in [0.1, 0.15) is 24.0 Å². The number of hydrogen-bond donors (Lipinski definition) is 1. The summed E-state index contributed by atoms with van der Waals surface area (Å²) in [7, 11) is 1.87. The second-order valence-electron chi connectivity index (χ2n) is 4.79. The van der Waals surface area contributed by atoms with Crippen molar-refractivity contribution in [2.45, 2.75) is 32.2 Å². The summed E-state index contributed by atoms with van der Waals surface area (Å²) in [5.41, 5.74) is 1.62. The minimum atomic E-state index is -0.342. The highest BCUT2D eigenvalue weighted by molar-refractivity contribution is 6.30. The van der Waals surface area contributed by atoms with E-state index in [1.54, 1.807) is 13.0 Å². The maximum atomic E-state index is 13.4. The fraction of sp³-hybridized carbons (Fsp3) is 0.533. The lowest BCUT2D eigenvalue weighted by molar-refractivity contribution is -0.112. The second-order valence-corrected chi connectivity index (χ2v) is 5.20. The van der Waals surface area contributed by atoms with Crippen molar-refractivity contribution in [2.75, 3.05) is 20.3 Å². The molecule has 0 saturated carbocycles. The molecule has 5 heteroatoms.